The van der Waals surface area contributed by atoms with Gasteiger partial charge in [0.25, 0.3) is 5.91 Å². The van der Waals surface area contributed by atoms with Crippen molar-refractivity contribution in [1.29, 1.82) is 0 Å². The molecule has 0 fully saturated rings. The van der Waals surface area contributed by atoms with E-state index in [1.54, 1.807) is 30.1 Å². The lowest BCUT2D eigenvalue weighted by molar-refractivity contribution is 0.101. The van der Waals surface area contributed by atoms with Crippen molar-refractivity contribution in [3.8, 4) is 28.6 Å². The van der Waals surface area contributed by atoms with Gasteiger partial charge in [-0.05, 0) is 80.2 Å². The van der Waals surface area contributed by atoms with E-state index in [4.69, 9.17) is 9.47 Å². The van der Waals surface area contributed by atoms with Crippen LogP contribution < -0.4 is 14.8 Å². The molecule has 1 N–H and O–H groups in total. The number of hydrogen-bond donors (Lipinski definition) is 1. The molecule has 0 saturated carbocycles. The Balaban J connectivity index is 1.32. The molecule has 0 atom stereocenters. The maximum Gasteiger partial charge on any atom is 0.273 e. The number of benzene rings is 2. The number of pyridine rings is 1. The van der Waals surface area contributed by atoms with Crippen molar-refractivity contribution in [2.24, 2.45) is 7.05 Å². The second-order valence-electron chi connectivity index (χ2n) is 8.54. The molecule has 0 radical (unpaired) electrons. The molecule has 0 bridgehead atoms. The van der Waals surface area contributed by atoms with Gasteiger partial charge in [0.2, 0.25) is 5.88 Å². The largest absolute Gasteiger partial charge is 0.494 e. The highest BCUT2D eigenvalue weighted by Crippen LogP contribution is 2.25. The predicted molar refractivity (Wildman–Crippen MR) is 145 cm³/mol. The van der Waals surface area contributed by atoms with Crippen LogP contribution in [-0.4, -0.2) is 51.8 Å². The number of rotatable bonds is 12. The summed E-state index contributed by atoms with van der Waals surface area (Å²) in [7, 11) is 1.76. The van der Waals surface area contributed by atoms with Crippen molar-refractivity contribution in [3.63, 3.8) is 0 Å². The Morgan fingerprint density at radius 1 is 0.973 bits per heavy atom. The summed E-state index contributed by atoms with van der Waals surface area (Å²) in [6.45, 7) is 8.13. The van der Waals surface area contributed by atoms with E-state index in [0.29, 0.717) is 35.3 Å². The number of aromatic nitrogens is 3. The van der Waals surface area contributed by atoms with Gasteiger partial charge in [-0.15, -0.1) is 0 Å². The minimum Gasteiger partial charge on any atom is -0.494 e. The highest BCUT2D eigenvalue weighted by molar-refractivity contribution is 6.03. The Hall–Kier alpha value is -4.17. The van der Waals surface area contributed by atoms with Crippen molar-refractivity contribution in [2.45, 2.75) is 20.3 Å². The molecule has 2 aromatic heterocycles. The van der Waals surface area contributed by atoms with Gasteiger partial charge in [-0.2, -0.15) is 5.10 Å². The van der Waals surface area contributed by atoms with Gasteiger partial charge >= 0.3 is 0 Å². The normalized spacial score (nSPS) is 10.9. The van der Waals surface area contributed by atoms with Crippen LogP contribution in [0.3, 0.4) is 0 Å². The molecular formula is C29H33N5O3. The lowest BCUT2D eigenvalue weighted by Crippen LogP contribution is -2.25. The summed E-state index contributed by atoms with van der Waals surface area (Å²) in [4.78, 5) is 19.5. The smallest absolute Gasteiger partial charge is 0.273 e. The van der Waals surface area contributed by atoms with E-state index in [9.17, 15) is 4.79 Å². The molecule has 192 valence electrons. The van der Waals surface area contributed by atoms with E-state index in [1.807, 2.05) is 60.7 Å². The fourth-order valence-electron chi connectivity index (χ4n) is 3.89. The van der Waals surface area contributed by atoms with Crippen LogP contribution in [0.4, 0.5) is 5.69 Å². The molecular weight excluding hydrogens is 466 g/mol. The third-order valence-corrected chi connectivity index (χ3v) is 6.02. The molecule has 8 heteroatoms. The molecule has 0 spiro atoms. The minimum atomic E-state index is -0.232. The van der Waals surface area contributed by atoms with Crippen LogP contribution in [0.2, 0.25) is 0 Å². The van der Waals surface area contributed by atoms with Crippen molar-refractivity contribution >= 4 is 11.6 Å². The Labute approximate surface area is 217 Å². The van der Waals surface area contributed by atoms with Crippen LogP contribution in [0.1, 0.15) is 30.8 Å². The fraction of sp³-hybridized carbons (Fsp3) is 0.276. The highest BCUT2D eigenvalue weighted by Gasteiger charge is 2.15. The molecule has 1 amide bonds. The number of amides is 1. The standard InChI is InChI=1S/C29H33N5O3/c1-4-34(5-2)19-8-20-36-24-16-12-23(13-17-24)31-29(35)27-21-26(32-33(27)3)22-10-14-25(15-11-22)37-28-9-6-7-18-30-28/h6-7,9-18,21H,4-5,8,19-20H2,1-3H3,(H,31,35). The van der Waals surface area contributed by atoms with Crippen molar-refractivity contribution in [1.82, 2.24) is 19.7 Å². The van der Waals surface area contributed by atoms with Crippen LogP contribution >= 0.6 is 0 Å². The molecule has 4 aromatic rings. The summed E-state index contributed by atoms with van der Waals surface area (Å²) in [5, 5.41) is 7.45. The van der Waals surface area contributed by atoms with Crippen LogP contribution in [-0.2, 0) is 7.05 Å². The van der Waals surface area contributed by atoms with E-state index in [2.05, 4.69) is 34.1 Å². The summed E-state index contributed by atoms with van der Waals surface area (Å²) in [5.74, 6) is 1.76. The Morgan fingerprint density at radius 2 is 1.70 bits per heavy atom. The van der Waals surface area contributed by atoms with E-state index in [-0.39, 0.29) is 5.91 Å². The zero-order valence-electron chi connectivity index (χ0n) is 21.6. The Morgan fingerprint density at radius 3 is 2.38 bits per heavy atom. The number of nitrogens with one attached hydrogen (secondary N) is 1. The molecule has 37 heavy (non-hydrogen) atoms. The second kappa shape index (κ2) is 12.7. The van der Waals surface area contributed by atoms with E-state index in [1.165, 1.54) is 0 Å². The monoisotopic (exact) mass is 499 g/mol. The first-order chi connectivity index (χ1) is 18.1. The first kappa shape index (κ1) is 25.9. The topological polar surface area (TPSA) is 81.5 Å². The van der Waals surface area contributed by atoms with Gasteiger partial charge in [0, 0.05) is 37.1 Å². The zero-order valence-corrected chi connectivity index (χ0v) is 21.6. The second-order valence-corrected chi connectivity index (χ2v) is 8.54. The van der Waals surface area contributed by atoms with Crippen LogP contribution in [0.15, 0.2) is 79.0 Å². The number of anilines is 1. The maximum absolute atomic E-state index is 12.9. The average molecular weight is 500 g/mol. The molecule has 0 unspecified atom stereocenters. The third-order valence-electron chi connectivity index (χ3n) is 6.02. The Kier molecular flexibility index (Phi) is 8.89. The van der Waals surface area contributed by atoms with Crippen molar-refractivity contribution in [2.75, 3.05) is 31.6 Å². The summed E-state index contributed by atoms with van der Waals surface area (Å²) >= 11 is 0. The van der Waals surface area contributed by atoms with Crippen LogP contribution in [0.25, 0.3) is 11.3 Å². The first-order valence-electron chi connectivity index (χ1n) is 12.6. The van der Waals surface area contributed by atoms with Gasteiger partial charge in [-0.3, -0.25) is 9.48 Å². The number of carbonyl (C=O) groups excluding carboxylic acids is 1. The quantitative estimate of drug-likeness (QED) is 0.254. The van der Waals surface area contributed by atoms with Crippen molar-refractivity contribution in [3.05, 3.63) is 84.7 Å². The van der Waals surface area contributed by atoms with E-state index < -0.39 is 0 Å². The number of aryl methyl sites for hydroxylation is 1. The lowest BCUT2D eigenvalue weighted by atomic mass is 10.1. The average Bonchev–Trinajstić information content (AvgIpc) is 3.32. The SMILES string of the molecule is CCN(CC)CCCOc1ccc(NC(=O)c2cc(-c3ccc(Oc4ccccn4)cc3)nn2C)cc1. The van der Waals surface area contributed by atoms with Gasteiger partial charge in [0.05, 0.1) is 12.3 Å². The Bertz CT molecular complexity index is 1270. The van der Waals surface area contributed by atoms with Crippen LogP contribution in [0, 0.1) is 0 Å². The molecule has 0 aliphatic carbocycles. The number of ether oxygens (including phenoxy) is 2. The molecule has 2 heterocycles. The van der Waals surface area contributed by atoms with Crippen molar-refractivity contribution < 1.29 is 14.3 Å². The third kappa shape index (κ3) is 7.17. The molecule has 0 saturated heterocycles. The minimum absolute atomic E-state index is 0.232. The lowest BCUT2D eigenvalue weighted by Gasteiger charge is -2.17. The van der Waals surface area contributed by atoms with Gasteiger partial charge < -0.3 is 19.7 Å². The summed E-state index contributed by atoms with van der Waals surface area (Å²) in [6, 6.07) is 22.2. The summed E-state index contributed by atoms with van der Waals surface area (Å²) in [5.41, 5.74) is 2.73. The summed E-state index contributed by atoms with van der Waals surface area (Å²) < 4.78 is 13.2. The van der Waals surface area contributed by atoms with Gasteiger partial charge in [0.1, 0.15) is 17.2 Å². The molecule has 0 aliphatic rings. The van der Waals surface area contributed by atoms with E-state index >= 15 is 0 Å². The van der Waals surface area contributed by atoms with Gasteiger partial charge in [-0.25, -0.2) is 4.98 Å². The first-order valence-corrected chi connectivity index (χ1v) is 12.6. The maximum atomic E-state index is 12.9. The molecule has 0 aliphatic heterocycles. The highest BCUT2D eigenvalue weighted by atomic mass is 16.5. The number of hydrogen-bond acceptors (Lipinski definition) is 6. The number of carbonyl (C=O) groups is 1. The van der Waals surface area contributed by atoms with Gasteiger partial charge in [-0.1, -0.05) is 19.9 Å². The fourth-order valence-corrected chi connectivity index (χ4v) is 3.89. The molecule has 8 nitrogen and oxygen atoms in total. The predicted octanol–water partition coefficient (Wildman–Crippen LogP) is 5.64. The summed E-state index contributed by atoms with van der Waals surface area (Å²) in [6.07, 6.45) is 2.66. The zero-order chi connectivity index (χ0) is 26.0. The molecule has 4 rings (SSSR count). The van der Waals surface area contributed by atoms with Gasteiger partial charge in [0.15, 0.2) is 0 Å². The number of nitrogens with zero attached hydrogens (tertiary/aromatic N) is 4. The van der Waals surface area contributed by atoms with E-state index in [0.717, 1.165) is 37.4 Å². The van der Waals surface area contributed by atoms with Crippen LogP contribution in [0.5, 0.6) is 17.4 Å². The molecule has 2 aromatic carbocycles.